The van der Waals surface area contributed by atoms with E-state index in [0.29, 0.717) is 11.7 Å². The van der Waals surface area contributed by atoms with Gasteiger partial charge in [0.05, 0.1) is 5.92 Å². The zero-order valence-electron chi connectivity index (χ0n) is 12.5. The number of hydrogen-bond donors (Lipinski definition) is 1. The van der Waals surface area contributed by atoms with Crippen LogP contribution in [0.2, 0.25) is 0 Å². The van der Waals surface area contributed by atoms with E-state index in [-0.39, 0.29) is 24.2 Å². The second-order valence-electron chi connectivity index (χ2n) is 5.95. The van der Waals surface area contributed by atoms with Crippen LogP contribution in [0, 0.1) is 5.92 Å². The van der Waals surface area contributed by atoms with Crippen molar-refractivity contribution in [1.82, 2.24) is 10.2 Å². The van der Waals surface area contributed by atoms with E-state index >= 15 is 0 Å². The minimum Gasteiger partial charge on any atom is -0.312 e. The van der Waals surface area contributed by atoms with Crippen molar-refractivity contribution in [1.29, 1.82) is 0 Å². The molecule has 1 aliphatic carbocycles. The summed E-state index contributed by atoms with van der Waals surface area (Å²) in [5.74, 6) is -0.515. The highest BCUT2D eigenvalue weighted by molar-refractivity contribution is 7.13. The lowest BCUT2D eigenvalue weighted by Gasteiger charge is -2.17. The quantitative estimate of drug-likeness (QED) is 0.935. The van der Waals surface area contributed by atoms with Crippen molar-refractivity contribution in [3.63, 3.8) is 0 Å². The van der Waals surface area contributed by atoms with Gasteiger partial charge < -0.3 is 10.2 Å². The number of hydrogen-bond acceptors (Lipinski definition) is 5. The molecule has 4 rings (SSSR count). The third-order valence-corrected chi connectivity index (χ3v) is 5.09. The number of anilines is 2. The molecule has 2 heterocycles. The van der Waals surface area contributed by atoms with E-state index in [2.05, 4.69) is 27.6 Å². The standard InChI is InChI=1S/C16H16N4O2S/c21-14-7-12(15(22)18-16-19-17-9-23-16)8-20(14)13-5-4-10-2-1-3-11(10)6-13/h4-6,9,12H,1-3,7-8H2,(H,18,19,22)/t12-/m0/s1. The number of nitrogens with one attached hydrogen (secondary N) is 1. The van der Waals surface area contributed by atoms with Gasteiger partial charge in [0.1, 0.15) is 5.51 Å². The van der Waals surface area contributed by atoms with Crippen LogP contribution in [-0.4, -0.2) is 28.6 Å². The minimum absolute atomic E-state index is 0.000334. The van der Waals surface area contributed by atoms with Gasteiger partial charge in [-0.05, 0) is 42.5 Å². The van der Waals surface area contributed by atoms with Crippen LogP contribution in [0.1, 0.15) is 24.0 Å². The number of amides is 2. The van der Waals surface area contributed by atoms with E-state index in [1.807, 2.05) is 6.07 Å². The van der Waals surface area contributed by atoms with Crippen molar-refractivity contribution in [2.45, 2.75) is 25.7 Å². The molecule has 2 aromatic rings. The number of nitrogens with zero attached hydrogens (tertiary/aromatic N) is 3. The summed E-state index contributed by atoms with van der Waals surface area (Å²) >= 11 is 1.27. The first-order valence-corrected chi connectivity index (χ1v) is 8.58. The van der Waals surface area contributed by atoms with Gasteiger partial charge in [-0.3, -0.25) is 9.59 Å². The number of rotatable bonds is 3. The monoisotopic (exact) mass is 328 g/mol. The minimum atomic E-state index is -0.348. The Kier molecular flexibility index (Phi) is 3.57. The zero-order valence-corrected chi connectivity index (χ0v) is 13.3. The van der Waals surface area contributed by atoms with Crippen LogP contribution in [0.25, 0.3) is 0 Å². The molecule has 1 fully saturated rings. The molecule has 1 aromatic carbocycles. The molecule has 0 bridgehead atoms. The van der Waals surface area contributed by atoms with Gasteiger partial charge in [-0.1, -0.05) is 17.4 Å². The van der Waals surface area contributed by atoms with E-state index < -0.39 is 0 Å². The smallest absolute Gasteiger partial charge is 0.231 e. The molecule has 7 heteroatoms. The summed E-state index contributed by atoms with van der Waals surface area (Å²) in [6, 6.07) is 6.21. The number of aryl methyl sites for hydroxylation is 2. The number of aromatic nitrogens is 2. The van der Waals surface area contributed by atoms with Crippen molar-refractivity contribution in [3.05, 3.63) is 34.8 Å². The van der Waals surface area contributed by atoms with E-state index in [9.17, 15) is 9.59 Å². The molecule has 1 saturated heterocycles. The predicted molar refractivity (Wildman–Crippen MR) is 87.5 cm³/mol. The van der Waals surface area contributed by atoms with E-state index in [4.69, 9.17) is 0 Å². The number of fused-ring (bicyclic) bond motifs is 1. The Morgan fingerprint density at radius 3 is 3.00 bits per heavy atom. The normalized spacial score (nSPS) is 19.9. The van der Waals surface area contributed by atoms with Crippen LogP contribution in [0.4, 0.5) is 10.8 Å². The largest absolute Gasteiger partial charge is 0.312 e. The van der Waals surface area contributed by atoms with Crippen LogP contribution in [-0.2, 0) is 22.4 Å². The summed E-state index contributed by atoms with van der Waals surface area (Å²) in [5, 5.41) is 10.7. The van der Waals surface area contributed by atoms with Gasteiger partial charge in [0.2, 0.25) is 16.9 Å². The van der Waals surface area contributed by atoms with E-state index in [1.54, 1.807) is 10.4 Å². The van der Waals surface area contributed by atoms with Gasteiger partial charge in [-0.2, -0.15) is 0 Å². The fourth-order valence-corrected chi connectivity index (χ4v) is 3.74. The Labute approximate surface area is 137 Å². The van der Waals surface area contributed by atoms with Crippen molar-refractivity contribution in [3.8, 4) is 0 Å². The van der Waals surface area contributed by atoms with Crippen molar-refractivity contribution < 1.29 is 9.59 Å². The Balaban J connectivity index is 1.49. The summed E-state index contributed by atoms with van der Waals surface area (Å²) < 4.78 is 0. The number of carbonyl (C=O) groups excluding carboxylic acids is 2. The van der Waals surface area contributed by atoms with Crippen molar-refractivity contribution >= 4 is 34.0 Å². The van der Waals surface area contributed by atoms with Crippen molar-refractivity contribution in [2.75, 3.05) is 16.8 Å². The molecule has 0 saturated carbocycles. The highest BCUT2D eigenvalue weighted by Crippen LogP contribution is 2.31. The zero-order chi connectivity index (χ0) is 15.8. The van der Waals surface area contributed by atoms with Crippen molar-refractivity contribution in [2.24, 2.45) is 5.92 Å². The Hall–Kier alpha value is -2.28. The average Bonchev–Trinajstić information content (AvgIpc) is 3.26. The fourth-order valence-electron chi connectivity index (χ4n) is 3.29. The molecule has 1 N–H and O–H groups in total. The van der Waals surface area contributed by atoms with Crippen LogP contribution < -0.4 is 10.2 Å². The second-order valence-corrected chi connectivity index (χ2v) is 6.78. The molecule has 0 radical (unpaired) electrons. The molecule has 23 heavy (non-hydrogen) atoms. The Morgan fingerprint density at radius 2 is 2.17 bits per heavy atom. The summed E-state index contributed by atoms with van der Waals surface area (Å²) in [6.07, 6.45) is 3.62. The maximum Gasteiger partial charge on any atom is 0.231 e. The van der Waals surface area contributed by atoms with Crippen LogP contribution >= 0.6 is 11.3 Å². The molecule has 0 spiro atoms. The first-order valence-electron chi connectivity index (χ1n) is 7.70. The lowest BCUT2D eigenvalue weighted by atomic mass is 10.1. The van der Waals surface area contributed by atoms with Gasteiger partial charge in [-0.25, -0.2) is 0 Å². The SMILES string of the molecule is O=C(Nc1nncs1)[C@H]1CC(=O)N(c2ccc3c(c2)CCC3)C1. The summed E-state index contributed by atoms with van der Waals surface area (Å²) in [6.45, 7) is 0.419. The molecule has 1 atom stereocenters. The van der Waals surface area contributed by atoms with Crippen LogP contribution in [0.3, 0.4) is 0 Å². The molecule has 2 amide bonds. The molecule has 0 unspecified atom stereocenters. The molecule has 2 aliphatic rings. The molecular weight excluding hydrogens is 312 g/mol. The summed E-state index contributed by atoms with van der Waals surface area (Å²) in [7, 11) is 0. The first-order chi connectivity index (χ1) is 11.2. The highest BCUT2D eigenvalue weighted by Gasteiger charge is 2.35. The average molecular weight is 328 g/mol. The summed E-state index contributed by atoms with van der Waals surface area (Å²) in [4.78, 5) is 26.3. The van der Waals surface area contributed by atoms with Gasteiger partial charge in [0, 0.05) is 18.7 Å². The van der Waals surface area contributed by atoms with Gasteiger partial charge >= 0.3 is 0 Å². The highest BCUT2D eigenvalue weighted by atomic mass is 32.1. The lowest BCUT2D eigenvalue weighted by Crippen LogP contribution is -2.28. The third kappa shape index (κ3) is 2.72. The maximum atomic E-state index is 12.3. The van der Waals surface area contributed by atoms with Crippen LogP contribution in [0.5, 0.6) is 0 Å². The van der Waals surface area contributed by atoms with Gasteiger partial charge in [-0.15, -0.1) is 10.2 Å². The number of carbonyl (C=O) groups is 2. The summed E-state index contributed by atoms with van der Waals surface area (Å²) in [5.41, 5.74) is 5.18. The topological polar surface area (TPSA) is 75.2 Å². The Bertz CT molecular complexity index is 759. The first kappa shape index (κ1) is 14.3. The molecular formula is C16H16N4O2S. The molecule has 6 nitrogen and oxygen atoms in total. The molecule has 118 valence electrons. The third-order valence-electron chi connectivity index (χ3n) is 4.48. The van der Waals surface area contributed by atoms with E-state index in [1.165, 1.54) is 28.9 Å². The molecule has 1 aromatic heterocycles. The maximum absolute atomic E-state index is 12.3. The predicted octanol–water partition coefficient (Wildman–Crippen LogP) is 2.02. The Morgan fingerprint density at radius 1 is 1.30 bits per heavy atom. The van der Waals surface area contributed by atoms with Crippen LogP contribution in [0.15, 0.2) is 23.7 Å². The second kappa shape index (κ2) is 5.73. The lowest BCUT2D eigenvalue weighted by molar-refractivity contribution is -0.122. The van der Waals surface area contributed by atoms with E-state index in [0.717, 1.165) is 18.5 Å². The molecule has 1 aliphatic heterocycles. The van der Waals surface area contributed by atoms with Gasteiger partial charge in [0.25, 0.3) is 0 Å². The fraction of sp³-hybridized carbons (Fsp3) is 0.375. The van der Waals surface area contributed by atoms with Gasteiger partial charge in [0.15, 0.2) is 0 Å². The number of benzene rings is 1.